The lowest BCUT2D eigenvalue weighted by Crippen LogP contribution is -1.81. The molecular weight excluding hydrogens is 194 g/mol. The zero-order valence-corrected chi connectivity index (χ0v) is 7.03. The Hall–Kier alpha value is -1.54. The van der Waals surface area contributed by atoms with Gasteiger partial charge in [0.25, 0.3) is 0 Å². The van der Waals surface area contributed by atoms with Crippen LogP contribution >= 0.6 is 11.3 Å². The van der Waals surface area contributed by atoms with Crippen LogP contribution in [0.1, 0.15) is 5.01 Å². The van der Waals surface area contributed by atoms with E-state index in [2.05, 4.69) is 4.98 Å². The smallest absolute Gasteiger partial charge is 0.195 e. The third-order valence-electron chi connectivity index (χ3n) is 1.53. The third kappa shape index (κ3) is 1.25. The van der Waals surface area contributed by atoms with Crippen molar-refractivity contribution in [2.75, 3.05) is 0 Å². The molecule has 2 nitrogen and oxygen atoms in total. The van der Waals surface area contributed by atoms with Gasteiger partial charge in [0.05, 0.1) is 10.2 Å². The summed E-state index contributed by atoms with van der Waals surface area (Å²) in [5, 5.41) is 8.70. The molecular formula is C8H2F2N2S. The van der Waals surface area contributed by atoms with Gasteiger partial charge >= 0.3 is 0 Å². The minimum Gasteiger partial charge on any atom is -0.226 e. The van der Waals surface area contributed by atoms with E-state index in [4.69, 9.17) is 5.26 Å². The van der Waals surface area contributed by atoms with Gasteiger partial charge < -0.3 is 0 Å². The summed E-state index contributed by atoms with van der Waals surface area (Å²) in [4.78, 5) is 3.78. The highest BCUT2D eigenvalue weighted by molar-refractivity contribution is 7.19. The molecule has 2 rings (SSSR count). The van der Waals surface area contributed by atoms with Crippen LogP contribution in [0.25, 0.3) is 10.2 Å². The summed E-state index contributed by atoms with van der Waals surface area (Å²) in [5.74, 6) is -1.86. The molecule has 1 aromatic carbocycles. The molecule has 0 bridgehead atoms. The van der Waals surface area contributed by atoms with E-state index in [0.29, 0.717) is 10.2 Å². The standard InChI is InChI=1S/C8H2F2N2S/c9-4-1-6-7(2-5(4)10)13-8(3-11)12-6/h1-2H. The lowest BCUT2D eigenvalue weighted by Gasteiger charge is -1.90. The fraction of sp³-hybridized carbons (Fsp3) is 0. The molecule has 0 aliphatic carbocycles. The van der Waals surface area contributed by atoms with E-state index in [1.54, 1.807) is 0 Å². The number of hydrogen-bond donors (Lipinski definition) is 0. The van der Waals surface area contributed by atoms with Crippen LogP contribution in [0, 0.1) is 23.0 Å². The van der Waals surface area contributed by atoms with E-state index < -0.39 is 11.6 Å². The summed E-state index contributed by atoms with van der Waals surface area (Å²) in [6.07, 6.45) is 0. The van der Waals surface area contributed by atoms with Crippen LogP contribution in [0.3, 0.4) is 0 Å². The summed E-state index contributed by atoms with van der Waals surface area (Å²) in [7, 11) is 0. The molecule has 13 heavy (non-hydrogen) atoms. The first-order chi connectivity index (χ1) is 6.20. The maximum absolute atomic E-state index is 12.7. The van der Waals surface area contributed by atoms with Crippen molar-refractivity contribution in [3.8, 4) is 6.07 Å². The van der Waals surface area contributed by atoms with Crippen molar-refractivity contribution in [3.63, 3.8) is 0 Å². The Morgan fingerprint density at radius 2 is 2.00 bits per heavy atom. The summed E-state index contributed by atoms with van der Waals surface area (Å²) < 4.78 is 25.8. The number of fused-ring (bicyclic) bond motifs is 1. The molecule has 0 amide bonds. The lowest BCUT2D eigenvalue weighted by atomic mass is 10.3. The molecule has 0 atom stereocenters. The van der Waals surface area contributed by atoms with Crippen molar-refractivity contribution in [3.05, 3.63) is 28.8 Å². The summed E-state index contributed by atoms with van der Waals surface area (Å²) in [5.41, 5.74) is 0.320. The topological polar surface area (TPSA) is 36.7 Å². The van der Waals surface area contributed by atoms with E-state index in [1.807, 2.05) is 6.07 Å². The Bertz CT molecular complexity index is 474. The Morgan fingerprint density at radius 1 is 1.31 bits per heavy atom. The molecule has 1 heterocycles. The first-order valence-corrected chi connectivity index (χ1v) is 4.18. The van der Waals surface area contributed by atoms with Crippen LogP contribution in [0.2, 0.25) is 0 Å². The molecule has 5 heteroatoms. The summed E-state index contributed by atoms with van der Waals surface area (Å²) in [6, 6.07) is 3.85. The Kier molecular flexibility index (Phi) is 1.71. The highest BCUT2D eigenvalue weighted by atomic mass is 32.1. The first kappa shape index (κ1) is 8.08. The van der Waals surface area contributed by atoms with Gasteiger partial charge in [0, 0.05) is 6.07 Å². The number of rotatable bonds is 0. The summed E-state index contributed by atoms with van der Waals surface area (Å²) in [6.45, 7) is 0. The number of hydrogen-bond acceptors (Lipinski definition) is 3. The highest BCUT2D eigenvalue weighted by Gasteiger charge is 2.08. The largest absolute Gasteiger partial charge is 0.226 e. The number of aromatic nitrogens is 1. The van der Waals surface area contributed by atoms with Gasteiger partial charge in [0.1, 0.15) is 6.07 Å². The summed E-state index contributed by atoms with van der Waals surface area (Å²) >= 11 is 1.04. The number of benzene rings is 1. The van der Waals surface area contributed by atoms with Crippen molar-refractivity contribution >= 4 is 21.6 Å². The van der Waals surface area contributed by atoms with Gasteiger partial charge in [-0.25, -0.2) is 13.8 Å². The molecule has 0 saturated carbocycles. The zero-order chi connectivity index (χ0) is 9.42. The minimum absolute atomic E-state index is 0.208. The van der Waals surface area contributed by atoms with Crippen molar-refractivity contribution in [2.24, 2.45) is 0 Å². The van der Waals surface area contributed by atoms with E-state index in [9.17, 15) is 8.78 Å². The molecule has 0 aliphatic rings. The van der Waals surface area contributed by atoms with Gasteiger partial charge in [-0.05, 0) is 6.07 Å². The second kappa shape index (κ2) is 2.75. The van der Waals surface area contributed by atoms with Crippen LogP contribution < -0.4 is 0 Å². The van der Waals surface area contributed by atoms with Crippen molar-refractivity contribution in [1.29, 1.82) is 5.26 Å². The number of nitriles is 1. The molecule has 0 N–H and O–H groups in total. The zero-order valence-electron chi connectivity index (χ0n) is 6.21. The molecule has 1 aromatic heterocycles. The van der Waals surface area contributed by atoms with E-state index in [0.717, 1.165) is 23.5 Å². The molecule has 0 fully saturated rings. The van der Waals surface area contributed by atoms with Gasteiger partial charge in [-0.15, -0.1) is 11.3 Å². The third-order valence-corrected chi connectivity index (χ3v) is 2.45. The maximum atomic E-state index is 12.7. The second-order valence-electron chi connectivity index (χ2n) is 2.36. The molecule has 0 radical (unpaired) electrons. The van der Waals surface area contributed by atoms with Gasteiger partial charge in [0.2, 0.25) is 0 Å². The fourth-order valence-corrected chi connectivity index (χ4v) is 1.74. The average Bonchev–Trinajstić information content (AvgIpc) is 2.48. The quantitative estimate of drug-likeness (QED) is 0.648. The van der Waals surface area contributed by atoms with Crippen molar-refractivity contribution in [1.82, 2.24) is 4.98 Å². The first-order valence-electron chi connectivity index (χ1n) is 3.36. The van der Waals surface area contributed by atoms with Gasteiger partial charge in [-0.3, -0.25) is 0 Å². The van der Waals surface area contributed by atoms with Gasteiger partial charge in [0.15, 0.2) is 16.6 Å². The molecule has 2 aromatic rings. The van der Waals surface area contributed by atoms with Crippen molar-refractivity contribution < 1.29 is 8.78 Å². The normalized spacial score (nSPS) is 10.2. The van der Waals surface area contributed by atoms with E-state index in [1.165, 1.54) is 0 Å². The molecule has 0 aliphatic heterocycles. The monoisotopic (exact) mass is 196 g/mol. The van der Waals surface area contributed by atoms with E-state index in [-0.39, 0.29) is 5.01 Å². The Balaban J connectivity index is 2.79. The van der Waals surface area contributed by atoms with Crippen LogP contribution in [0.4, 0.5) is 8.78 Å². The number of nitrogens with zero attached hydrogens (tertiary/aromatic N) is 2. The maximum Gasteiger partial charge on any atom is 0.195 e. The van der Waals surface area contributed by atoms with Crippen LogP contribution in [0.5, 0.6) is 0 Å². The molecule has 0 unspecified atom stereocenters. The predicted molar refractivity (Wildman–Crippen MR) is 44.3 cm³/mol. The lowest BCUT2D eigenvalue weighted by molar-refractivity contribution is 0.511. The fourth-order valence-electron chi connectivity index (χ4n) is 0.971. The van der Waals surface area contributed by atoms with Crippen LogP contribution in [-0.2, 0) is 0 Å². The molecule has 0 spiro atoms. The van der Waals surface area contributed by atoms with Crippen LogP contribution in [0.15, 0.2) is 12.1 Å². The predicted octanol–water partition coefficient (Wildman–Crippen LogP) is 2.45. The van der Waals surface area contributed by atoms with Gasteiger partial charge in [-0.2, -0.15) is 5.26 Å². The Labute approximate surface area is 76.1 Å². The minimum atomic E-state index is -0.942. The van der Waals surface area contributed by atoms with Crippen LogP contribution in [-0.4, -0.2) is 4.98 Å². The van der Waals surface area contributed by atoms with Crippen molar-refractivity contribution in [2.45, 2.75) is 0 Å². The van der Waals surface area contributed by atoms with Gasteiger partial charge in [-0.1, -0.05) is 0 Å². The number of halogens is 2. The average molecular weight is 196 g/mol. The highest BCUT2D eigenvalue weighted by Crippen LogP contribution is 2.23. The van der Waals surface area contributed by atoms with E-state index >= 15 is 0 Å². The number of thiazole rings is 1. The Morgan fingerprint density at radius 3 is 2.69 bits per heavy atom. The SMILES string of the molecule is N#Cc1nc2cc(F)c(F)cc2s1. The second-order valence-corrected chi connectivity index (χ2v) is 3.40. The molecule has 64 valence electrons. The molecule has 0 saturated heterocycles.